The van der Waals surface area contributed by atoms with E-state index in [1.54, 1.807) is 0 Å². The molecule has 0 saturated carbocycles. The summed E-state index contributed by atoms with van der Waals surface area (Å²) in [5, 5.41) is 8.52. The van der Waals surface area contributed by atoms with E-state index in [0.29, 0.717) is 5.82 Å². The van der Waals surface area contributed by atoms with Gasteiger partial charge in [-0.3, -0.25) is 0 Å². The Labute approximate surface area is 330 Å². The van der Waals surface area contributed by atoms with Gasteiger partial charge in [-0.2, -0.15) is 0 Å². The topological polar surface area (TPSA) is 38.9 Å². The Bertz CT molecular complexity index is 3240. The van der Waals surface area contributed by atoms with Gasteiger partial charge in [0.2, 0.25) is 0 Å². The number of para-hydroxylation sites is 1. The number of rotatable bonds is 6. The summed E-state index contributed by atoms with van der Waals surface area (Å²) in [4.78, 5) is 10.5. The molecule has 2 heterocycles. The van der Waals surface area contributed by atoms with Gasteiger partial charge in [0.1, 0.15) is 11.3 Å². The molecule has 0 atom stereocenters. The Kier molecular flexibility index (Phi) is 7.82. The zero-order chi connectivity index (χ0) is 37.7. The van der Waals surface area contributed by atoms with Crippen molar-refractivity contribution in [3.63, 3.8) is 0 Å². The van der Waals surface area contributed by atoms with Crippen molar-refractivity contribution in [2.75, 3.05) is 0 Å². The first-order chi connectivity index (χ1) is 28.2. The summed E-state index contributed by atoms with van der Waals surface area (Å²) >= 11 is 0. The van der Waals surface area contributed by atoms with E-state index >= 15 is 0 Å². The van der Waals surface area contributed by atoms with Crippen molar-refractivity contribution in [1.82, 2.24) is 9.97 Å². The second-order valence-corrected chi connectivity index (χ2v) is 14.5. The maximum absolute atomic E-state index is 6.40. The Morgan fingerprint density at radius 3 is 1.72 bits per heavy atom. The SMILES string of the molecule is c1ccc(-c2ccc(-c3cc(-c4ccccc4-c4cc5ccccc5o4)nc(-c4ccc(-c5c6ccccc6cc6c5ccc5ccccc56)cc4)n3)cc2)cc1. The van der Waals surface area contributed by atoms with E-state index in [9.17, 15) is 0 Å². The van der Waals surface area contributed by atoms with E-state index in [2.05, 4.69) is 182 Å². The predicted octanol–water partition coefficient (Wildman–Crippen LogP) is 14.7. The van der Waals surface area contributed by atoms with Crippen molar-refractivity contribution >= 4 is 43.3 Å². The molecular formula is C54H34N2O. The molecular weight excluding hydrogens is 693 g/mol. The van der Waals surface area contributed by atoms with Gasteiger partial charge in [-0.15, -0.1) is 0 Å². The number of nitrogens with zero attached hydrogens (tertiary/aromatic N) is 2. The first-order valence-electron chi connectivity index (χ1n) is 19.3. The molecule has 0 bridgehead atoms. The molecule has 0 unspecified atom stereocenters. The molecule has 3 nitrogen and oxygen atoms in total. The minimum absolute atomic E-state index is 0.661. The fourth-order valence-electron chi connectivity index (χ4n) is 8.28. The lowest BCUT2D eigenvalue weighted by molar-refractivity contribution is 0.632. The van der Waals surface area contributed by atoms with Crippen LogP contribution in [0.5, 0.6) is 0 Å². The lowest BCUT2D eigenvalue weighted by Gasteiger charge is -2.15. The normalized spacial score (nSPS) is 11.5. The van der Waals surface area contributed by atoms with Crippen LogP contribution in [0.15, 0.2) is 211 Å². The van der Waals surface area contributed by atoms with Crippen LogP contribution < -0.4 is 0 Å². The molecule has 11 aromatic rings. The van der Waals surface area contributed by atoms with Gasteiger partial charge >= 0.3 is 0 Å². The van der Waals surface area contributed by atoms with Crippen molar-refractivity contribution in [2.45, 2.75) is 0 Å². The molecule has 2 aromatic heterocycles. The second-order valence-electron chi connectivity index (χ2n) is 14.5. The average molecular weight is 727 g/mol. The van der Waals surface area contributed by atoms with Crippen molar-refractivity contribution < 1.29 is 4.42 Å². The smallest absolute Gasteiger partial charge is 0.160 e. The van der Waals surface area contributed by atoms with Gasteiger partial charge in [0, 0.05) is 27.6 Å². The number of furan rings is 1. The van der Waals surface area contributed by atoms with Crippen LogP contribution in [0.4, 0.5) is 0 Å². The van der Waals surface area contributed by atoms with Gasteiger partial charge in [0.15, 0.2) is 5.82 Å². The van der Waals surface area contributed by atoms with Gasteiger partial charge < -0.3 is 4.42 Å². The van der Waals surface area contributed by atoms with Crippen LogP contribution in [0, 0.1) is 0 Å². The fraction of sp³-hybridized carbons (Fsp3) is 0. The molecule has 0 aliphatic carbocycles. The number of hydrogen-bond acceptors (Lipinski definition) is 3. The molecule has 3 heteroatoms. The molecule has 0 N–H and O–H groups in total. The summed E-state index contributed by atoms with van der Waals surface area (Å²) in [6, 6.07) is 72.7. The average Bonchev–Trinajstić information content (AvgIpc) is 3.73. The van der Waals surface area contributed by atoms with E-state index in [0.717, 1.165) is 61.5 Å². The molecule has 57 heavy (non-hydrogen) atoms. The summed E-state index contributed by atoms with van der Waals surface area (Å²) in [5.74, 6) is 1.47. The van der Waals surface area contributed by atoms with Crippen LogP contribution in [-0.4, -0.2) is 9.97 Å². The fourth-order valence-corrected chi connectivity index (χ4v) is 8.28. The lowest BCUT2D eigenvalue weighted by atomic mass is 9.89. The third-order valence-electron chi connectivity index (χ3n) is 11.1. The molecule has 0 saturated heterocycles. The Morgan fingerprint density at radius 1 is 0.316 bits per heavy atom. The molecule has 0 amide bonds. The van der Waals surface area contributed by atoms with E-state index in [4.69, 9.17) is 14.4 Å². The zero-order valence-corrected chi connectivity index (χ0v) is 30.9. The van der Waals surface area contributed by atoms with E-state index in [1.165, 1.54) is 43.4 Å². The number of fused-ring (bicyclic) bond motifs is 5. The molecule has 0 aliphatic heterocycles. The highest BCUT2D eigenvalue weighted by molar-refractivity contribution is 6.20. The Hall–Kier alpha value is -7.62. The van der Waals surface area contributed by atoms with E-state index < -0.39 is 0 Å². The molecule has 0 radical (unpaired) electrons. The highest BCUT2D eigenvalue weighted by Gasteiger charge is 2.18. The number of aromatic nitrogens is 2. The monoisotopic (exact) mass is 726 g/mol. The van der Waals surface area contributed by atoms with Gasteiger partial charge in [-0.1, -0.05) is 182 Å². The molecule has 0 fully saturated rings. The third kappa shape index (κ3) is 5.85. The molecule has 9 aromatic carbocycles. The van der Waals surface area contributed by atoms with Gasteiger partial charge in [0.25, 0.3) is 0 Å². The number of hydrogen-bond donors (Lipinski definition) is 0. The van der Waals surface area contributed by atoms with Crippen molar-refractivity contribution in [2.24, 2.45) is 0 Å². The van der Waals surface area contributed by atoms with Crippen LogP contribution in [0.2, 0.25) is 0 Å². The van der Waals surface area contributed by atoms with Gasteiger partial charge in [-0.25, -0.2) is 9.97 Å². The summed E-state index contributed by atoms with van der Waals surface area (Å²) in [6.45, 7) is 0. The molecule has 0 spiro atoms. The Balaban J connectivity index is 1.06. The Morgan fingerprint density at radius 2 is 0.912 bits per heavy atom. The summed E-state index contributed by atoms with van der Waals surface area (Å²) < 4.78 is 6.40. The van der Waals surface area contributed by atoms with E-state index in [1.807, 2.05) is 24.3 Å². The standard InChI is InChI=1S/C54H34N2O/c1-2-12-35(13-3-1)36-22-24-38(25-23-36)49-34-50(45-19-9-10-20-46(45)52-33-42-16-6-11-21-51(42)57-52)56-54(55-49)40-28-26-39(27-29-40)53-44-18-8-5-15-41(44)32-48-43-17-7-4-14-37(43)30-31-47(48)53/h1-34H. The molecule has 11 rings (SSSR count). The van der Waals surface area contributed by atoms with Crippen molar-refractivity contribution in [3.8, 4) is 67.5 Å². The summed E-state index contributed by atoms with van der Waals surface area (Å²) in [6.07, 6.45) is 0. The minimum Gasteiger partial charge on any atom is -0.456 e. The first-order valence-corrected chi connectivity index (χ1v) is 19.3. The summed E-state index contributed by atoms with van der Waals surface area (Å²) in [7, 11) is 0. The zero-order valence-electron chi connectivity index (χ0n) is 30.9. The van der Waals surface area contributed by atoms with E-state index in [-0.39, 0.29) is 0 Å². The van der Waals surface area contributed by atoms with Crippen LogP contribution in [0.1, 0.15) is 0 Å². The predicted molar refractivity (Wildman–Crippen MR) is 237 cm³/mol. The van der Waals surface area contributed by atoms with Crippen LogP contribution in [0.3, 0.4) is 0 Å². The first kappa shape index (κ1) is 32.8. The minimum atomic E-state index is 0.661. The van der Waals surface area contributed by atoms with Crippen LogP contribution in [0.25, 0.3) is 111 Å². The maximum atomic E-state index is 6.40. The van der Waals surface area contributed by atoms with Gasteiger partial charge in [0.05, 0.1) is 11.4 Å². The quantitative estimate of drug-likeness (QED) is 0.126. The molecule has 0 aliphatic rings. The second kappa shape index (κ2) is 13.6. The highest BCUT2D eigenvalue weighted by atomic mass is 16.3. The summed E-state index contributed by atoms with van der Waals surface area (Å²) in [5.41, 5.74) is 11.2. The van der Waals surface area contributed by atoms with Crippen molar-refractivity contribution in [1.29, 1.82) is 0 Å². The highest BCUT2D eigenvalue weighted by Crippen LogP contribution is 2.41. The third-order valence-corrected chi connectivity index (χ3v) is 11.1. The van der Waals surface area contributed by atoms with Crippen molar-refractivity contribution in [3.05, 3.63) is 206 Å². The largest absolute Gasteiger partial charge is 0.456 e. The maximum Gasteiger partial charge on any atom is 0.160 e. The van der Waals surface area contributed by atoms with Crippen LogP contribution in [-0.2, 0) is 0 Å². The number of benzene rings is 9. The lowest BCUT2D eigenvalue weighted by Crippen LogP contribution is -1.97. The van der Waals surface area contributed by atoms with Gasteiger partial charge in [-0.05, 0) is 78.8 Å². The van der Waals surface area contributed by atoms with Crippen LogP contribution >= 0.6 is 0 Å². The molecule has 266 valence electrons.